The lowest BCUT2D eigenvalue weighted by atomic mass is 10.0. The van der Waals surface area contributed by atoms with Gasteiger partial charge in [-0.25, -0.2) is 0 Å². The fraction of sp³-hybridized carbons (Fsp3) is 0.562. The Kier molecular flexibility index (Phi) is 5.38. The van der Waals surface area contributed by atoms with Gasteiger partial charge in [-0.15, -0.1) is 0 Å². The Balaban J connectivity index is 2.66. The smallest absolute Gasteiger partial charge is 0.125 e. The highest BCUT2D eigenvalue weighted by molar-refractivity contribution is 5.42. The lowest BCUT2D eigenvalue weighted by molar-refractivity contribution is 0.266. The maximum atomic E-state index is 9.19. The number of nitrogens with one attached hydrogen (secondary N) is 1. The number of hydrogen-bond acceptors (Lipinski definition) is 3. The highest BCUT2D eigenvalue weighted by Gasteiger charge is 2.22. The van der Waals surface area contributed by atoms with Crippen molar-refractivity contribution < 1.29 is 4.74 Å². The molecule has 104 valence electrons. The molecule has 1 aromatic rings. The van der Waals surface area contributed by atoms with Crippen LogP contribution < -0.4 is 10.1 Å². The molecule has 0 fully saturated rings. The van der Waals surface area contributed by atoms with Crippen LogP contribution in [0.25, 0.3) is 0 Å². The molecule has 0 aliphatic carbocycles. The molecule has 0 bridgehead atoms. The minimum absolute atomic E-state index is 0.513. The molecule has 0 heterocycles. The summed E-state index contributed by atoms with van der Waals surface area (Å²) in [7, 11) is 0. The van der Waals surface area contributed by atoms with Gasteiger partial charge >= 0.3 is 0 Å². The summed E-state index contributed by atoms with van der Waals surface area (Å²) >= 11 is 0. The summed E-state index contributed by atoms with van der Waals surface area (Å²) in [6.07, 6.45) is 0.671. The lowest BCUT2D eigenvalue weighted by Crippen LogP contribution is -2.42. The second-order valence-corrected chi connectivity index (χ2v) is 5.30. The molecule has 0 saturated carbocycles. The molecule has 0 saturated heterocycles. The number of rotatable bonds is 6. The average Bonchev–Trinajstić information content (AvgIpc) is 2.33. The summed E-state index contributed by atoms with van der Waals surface area (Å²) < 4.78 is 5.88. The molecule has 0 spiro atoms. The standard InChI is InChI=1S/C16H24N2O/c1-6-18-16(5,11-17)7-8-19-15-13(3)9-12(2)10-14(15)4/h9-10,18H,6-8H2,1-5H3. The summed E-state index contributed by atoms with van der Waals surface area (Å²) in [5, 5.41) is 12.4. The Bertz CT molecular complexity index is 453. The van der Waals surface area contributed by atoms with Crippen molar-refractivity contribution in [2.45, 2.75) is 46.6 Å². The molecule has 19 heavy (non-hydrogen) atoms. The zero-order valence-electron chi connectivity index (χ0n) is 12.6. The third-order valence-corrected chi connectivity index (χ3v) is 3.27. The van der Waals surface area contributed by atoms with Gasteiger partial charge in [0.15, 0.2) is 0 Å². The fourth-order valence-electron chi connectivity index (χ4n) is 2.33. The summed E-state index contributed by atoms with van der Waals surface area (Å²) in [6, 6.07) is 6.56. The quantitative estimate of drug-likeness (QED) is 0.853. The van der Waals surface area contributed by atoms with Gasteiger partial charge in [0.05, 0.1) is 12.7 Å². The Hall–Kier alpha value is -1.53. The largest absolute Gasteiger partial charge is 0.493 e. The van der Waals surface area contributed by atoms with E-state index in [9.17, 15) is 5.26 Å². The van der Waals surface area contributed by atoms with Crippen LogP contribution in [-0.4, -0.2) is 18.7 Å². The number of ether oxygens (including phenoxy) is 1. The predicted molar refractivity (Wildman–Crippen MR) is 78.5 cm³/mol. The highest BCUT2D eigenvalue weighted by Crippen LogP contribution is 2.25. The molecule has 1 atom stereocenters. The zero-order chi connectivity index (χ0) is 14.5. The number of nitrogens with zero attached hydrogens (tertiary/aromatic N) is 1. The molecule has 1 aromatic carbocycles. The van der Waals surface area contributed by atoms with E-state index in [2.05, 4.69) is 44.3 Å². The summed E-state index contributed by atoms with van der Waals surface area (Å²) in [5.74, 6) is 0.947. The van der Waals surface area contributed by atoms with E-state index in [0.29, 0.717) is 13.0 Å². The van der Waals surface area contributed by atoms with Gasteiger partial charge < -0.3 is 4.74 Å². The van der Waals surface area contributed by atoms with Crippen LogP contribution in [0.4, 0.5) is 0 Å². The van der Waals surface area contributed by atoms with Crippen molar-refractivity contribution >= 4 is 0 Å². The van der Waals surface area contributed by atoms with Gasteiger partial charge in [0.2, 0.25) is 0 Å². The van der Waals surface area contributed by atoms with Crippen molar-refractivity contribution in [3.8, 4) is 11.8 Å². The summed E-state index contributed by atoms with van der Waals surface area (Å²) in [4.78, 5) is 0. The van der Waals surface area contributed by atoms with Crippen LogP contribution in [0.15, 0.2) is 12.1 Å². The zero-order valence-corrected chi connectivity index (χ0v) is 12.6. The number of aryl methyl sites for hydroxylation is 3. The molecule has 0 amide bonds. The third-order valence-electron chi connectivity index (χ3n) is 3.27. The summed E-state index contributed by atoms with van der Waals surface area (Å²) in [5.41, 5.74) is 3.04. The molecule has 1 rings (SSSR count). The van der Waals surface area contributed by atoms with Crippen LogP contribution >= 0.6 is 0 Å². The van der Waals surface area contributed by atoms with Crippen LogP contribution in [-0.2, 0) is 0 Å². The lowest BCUT2D eigenvalue weighted by Gasteiger charge is -2.23. The number of benzene rings is 1. The number of nitriles is 1. The van der Waals surface area contributed by atoms with Crippen molar-refractivity contribution in [1.82, 2.24) is 5.32 Å². The molecule has 0 aliphatic heterocycles. The van der Waals surface area contributed by atoms with Gasteiger partial charge in [-0.3, -0.25) is 5.32 Å². The molecule has 3 nitrogen and oxygen atoms in total. The van der Waals surface area contributed by atoms with Gasteiger partial charge in [-0.2, -0.15) is 5.26 Å². The second kappa shape index (κ2) is 6.58. The van der Waals surface area contributed by atoms with E-state index in [4.69, 9.17) is 4.74 Å². The van der Waals surface area contributed by atoms with Gasteiger partial charge in [0.1, 0.15) is 11.3 Å². The van der Waals surface area contributed by atoms with Gasteiger partial charge in [-0.1, -0.05) is 24.6 Å². The minimum atomic E-state index is -0.513. The van der Waals surface area contributed by atoms with Crippen LogP contribution in [0.2, 0.25) is 0 Å². The van der Waals surface area contributed by atoms with E-state index in [1.54, 1.807) is 0 Å². The minimum Gasteiger partial charge on any atom is -0.493 e. The molecule has 0 aliphatic rings. The SMILES string of the molecule is CCNC(C)(C#N)CCOc1c(C)cc(C)cc1C. The Labute approximate surface area is 116 Å². The Morgan fingerprint density at radius 2 is 1.84 bits per heavy atom. The molecular formula is C16H24N2O. The Morgan fingerprint density at radius 1 is 1.26 bits per heavy atom. The molecule has 0 radical (unpaired) electrons. The van der Waals surface area contributed by atoms with Gasteiger partial charge in [-0.05, 0) is 45.4 Å². The highest BCUT2D eigenvalue weighted by atomic mass is 16.5. The molecule has 0 aromatic heterocycles. The Morgan fingerprint density at radius 3 is 2.32 bits per heavy atom. The van der Waals surface area contributed by atoms with E-state index in [0.717, 1.165) is 23.4 Å². The first-order valence-electron chi connectivity index (χ1n) is 6.79. The van der Waals surface area contributed by atoms with Crippen LogP contribution in [0, 0.1) is 32.1 Å². The average molecular weight is 260 g/mol. The first-order chi connectivity index (χ1) is 8.91. The van der Waals surface area contributed by atoms with E-state index in [-0.39, 0.29) is 0 Å². The molecule has 3 heteroatoms. The van der Waals surface area contributed by atoms with Crippen LogP contribution in [0.3, 0.4) is 0 Å². The van der Waals surface area contributed by atoms with Crippen LogP contribution in [0.5, 0.6) is 5.75 Å². The van der Waals surface area contributed by atoms with E-state index in [1.165, 1.54) is 5.56 Å². The summed E-state index contributed by atoms with van der Waals surface area (Å²) in [6.45, 7) is 11.4. The van der Waals surface area contributed by atoms with Gasteiger partial charge in [0.25, 0.3) is 0 Å². The van der Waals surface area contributed by atoms with E-state index >= 15 is 0 Å². The monoisotopic (exact) mass is 260 g/mol. The van der Waals surface area contributed by atoms with Crippen molar-refractivity contribution in [2.24, 2.45) is 0 Å². The first-order valence-corrected chi connectivity index (χ1v) is 6.79. The maximum absolute atomic E-state index is 9.19. The maximum Gasteiger partial charge on any atom is 0.125 e. The van der Waals surface area contributed by atoms with Crippen molar-refractivity contribution in [1.29, 1.82) is 5.26 Å². The van der Waals surface area contributed by atoms with E-state index < -0.39 is 5.54 Å². The van der Waals surface area contributed by atoms with Crippen molar-refractivity contribution in [3.63, 3.8) is 0 Å². The molecule has 1 unspecified atom stereocenters. The predicted octanol–water partition coefficient (Wildman–Crippen LogP) is 3.27. The fourth-order valence-corrected chi connectivity index (χ4v) is 2.33. The normalized spacial score (nSPS) is 13.7. The third kappa shape index (κ3) is 4.25. The van der Waals surface area contributed by atoms with Crippen molar-refractivity contribution in [2.75, 3.05) is 13.2 Å². The van der Waals surface area contributed by atoms with E-state index in [1.807, 2.05) is 13.8 Å². The van der Waals surface area contributed by atoms with Crippen molar-refractivity contribution in [3.05, 3.63) is 28.8 Å². The number of hydrogen-bond donors (Lipinski definition) is 1. The molecule has 1 N–H and O–H groups in total. The van der Waals surface area contributed by atoms with Crippen LogP contribution in [0.1, 0.15) is 37.0 Å². The first kappa shape index (κ1) is 15.5. The topological polar surface area (TPSA) is 45.0 Å². The van der Waals surface area contributed by atoms with Gasteiger partial charge in [0, 0.05) is 6.42 Å². The second-order valence-electron chi connectivity index (χ2n) is 5.30. The molecular weight excluding hydrogens is 236 g/mol.